The van der Waals surface area contributed by atoms with Crippen molar-refractivity contribution in [1.29, 1.82) is 0 Å². The molecule has 1 saturated carbocycles. The van der Waals surface area contributed by atoms with E-state index in [2.05, 4.69) is 61.7 Å². The van der Waals surface area contributed by atoms with Gasteiger partial charge in [0.1, 0.15) is 0 Å². The Morgan fingerprint density at radius 3 is 2.29 bits per heavy atom. The SMILES string of the molecule is C[Si](C)(C)/C=C(\C=C1CCCCC1)CCc1ccccc1. The third-order valence-electron chi connectivity index (χ3n) is 4.05. The zero-order valence-corrected chi connectivity index (χ0v) is 15.0. The molecule has 0 aromatic heterocycles. The molecule has 1 aliphatic carbocycles. The van der Waals surface area contributed by atoms with Crippen LogP contribution in [0.5, 0.6) is 0 Å². The number of allylic oxidation sites excluding steroid dienone is 3. The lowest BCUT2D eigenvalue weighted by Crippen LogP contribution is -2.17. The molecule has 0 atom stereocenters. The molecule has 0 N–H and O–H groups in total. The Kier molecular flexibility index (Phi) is 6.04. The Hall–Kier alpha value is -1.08. The summed E-state index contributed by atoms with van der Waals surface area (Å²) in [6.07, 6.45) is 11.8. The van der Waals surface area contributed by atoms with Crippen molar-refractivity contribution in [2.45, 2.75) is 64.6 Å². The molecular weight excluding hydrogens is 268 g/mol. The maximum atomic E-state index is 2.61. The van der Waals surface area contributed by atoms with Crippen LogP contribution >= 0.6 is 0 Å². The van der Waals surface area contributed by atoms with Gasteiger partial charge in [-0.2, -0.15) is 0 Å². The lowest BCUT2D eigenvalue weighted by molar-refractivity contribution is 0.598. The Balaban J connectivity index is 2.07. The molecule has 1 aliphatic rings. The maximum absolute atomic E-state index is 2.61. The van der Waals surface area contributed by atoms with Gasteiger partial charge < -0.3 is 0 Å². The summed E-state index contributed by atoms with van der Waals surface area (Å²) >= 11 is 0. The highest BCUT2D eigenvalue weighted by atomic mass is 28.3. The fourth-order valence-corrected chi connectivity index (χ4v) is 4.43. The molecule has 0 aliphatic heterocycles. The minimum Gasteiger partial charge on any atom is -0.0919 e. The fraction of sp³-hybridized carbons (Fsp3) is 0.500. The summed E-state index contributed by atoms with van der Waals surface area (Å²) in [5.41, 5.74) is 7.35. The van der Waals surface area contributed by atoms with Crippen molar-refractivity contribution < 1.29 is 0 Å². The summed E-state index contributed by atoms with van der Waals surface area (Å²) in [4.78, 5) is 0. The monoisotopic (exact) mass is 298 g/mol. The van der Waals surface area contributed by atoms with E-state index in [4.69, 9.17) is 0 Å². The third-order valence-corrected chi connectivity index (χ3v) is 5.29. The maximum Gasteiger partial charge on any atom is 0.0690 e. The van der Waals surface area contributed by atoms with Gasteiger partial charge in [-0.1, -0.05) is 79.3 Å². The molecule has 0 heterocycles. The highest BCUT2D eigenvalue weighted by Crippen LogP contribution is 2.26. The van der Waals surface area contributed by atoms with Crippen molar-refractivity contribution in [2.75, 3.05) is 0 Å². The largest absolute Gasteiger partial charge is 0.0919 e. The highest BCUT2D eigenvalue weighted by molar-refractivity contribution is 6.81. The number of benzene rings is 1. The van der Waals surface area contributed by atoms with Crippen LogP contribution in [0.4, 0.5) is 0 Å². The average molecular weight is 299 g/mol. The van der Waals surface area contributed by atoms with Crippen molar-refractivity contribution in [3.8, 4) is 0 Å². The van der Waals surface area contributed by atoms with E-state index in [1.54, 1.807) is 11.1 Å². The van der Waals surface area contributed by atoms with E-state index in [0.717, 1.165) is 0 Å². The van der Waals surface area contributed by atoms with Crippen LogP contribution in [0.2, 0.25) is 19.6 Å². The molecule has 1 fully saturated rings. The molecule has 1 heteroatoms. The molecule has 0 unspecified atom stereocenters. The first-order valence-corrected chi connectivity index (χ1v) is 12.1. The second-order valence-corrected chi connectivity index (χ2v) is 12.5. The number of rotatable bonds is 5. The summed E-state index contributed by atoms with van der Waals surface area (Å²) in [6.45, 7) is 7.32. The van der Waals surface area contributed by atoms with Gasteiger partial charge >= 0.3 is 0 Å². The van der Waals surface area contributed by atoms with E-state index in [-0.39, 0.29) is 0 Å². The predicted molar refractivity (Wildman–Crippen MR) is 97.4 cm³/mol. The summed E-state index contributed by atoms with van der Waals surface area (Å²) in [7, 11) is -1.15. The second kappa shape index (κ2) is 7.79. The summed E-state index contributed by atoms with van der Waals surface area (Å²) < 4.78 is 0. The van der Waals surface area contributed by atoms with Gasteiger partial charge in [-0.3, -0.25) is 0 Å². The van der Waals surface area contributed by atoms with E-state index < -0.39 is 8.07 Å². The van der Waals surface area contributed by atoms with Crippen LogP contribution in [0.1, 0.15) is 44.1 Å². The zero-order valence-electron chi connectivity index (χ0n) is 14.0. The van der Waals surface area contributed by atoms with E-state index in [9.17, 15) is 0 Å². The van der Waals surface area contributed by atoms with Crippen molar-refractivity contribution >= 4 is 8.07 Å². The molecule has 1 aromatic rings. The van der Waals surface area contributed by atoms with Crippen molar-refractivity contribution in [3.63, 3.8) is 0 Å². The molecule has 1 aromatic carbocycles. The molecule has 0 amide bonds. The van der Waals surface area contributed by atoms with Gasteiger partial charge in [-0.15, -0.1) is 0 Å². The van der Waals surface area contributed by atoms with Crippen LogP contribution in [0, 0.1) is 0 Å². The molecule has 114 valence electrons. The zero-order chi connectivity index (χ0) is 15.1. The Labute approximate surface area is 132 Å². The summed E-state index contributed by atoms with van der Waals surface area (Å²) in [6, 6.07) is 10.9. The van der Waals surface area contributed by atoms with Gasteiger partial charge in [-0.05, 0) is 44.1 Å². The Bertz CT molecular complexity index is 480. The molecule has 0 spiro atoms. The highest BCUT2D eigenvalue weighted by Gasteiger charge is 2.12. The molecule has 2 rings (SSSR count). The molecule has 0 radical (unpaired) electrons. The van der Waals surface area contributed by atoms with Gasteiger partial charge in [0.05, 0.1) is 8.07 Å². The van der Waals surface area contributed by atoms with Crippen LogP contribution < -0.4 is 0 Å². The first kappa shape index (κ1) is 16.3. The topological polar surface area (TPSA) is 0 Å². The van der Waals surface area contributed by atoms with Gasteiger partial charge in [0.2, 0.25) is 0 Å². The smallest absolute Gasteiger partial charge is 0.0690 e. The van der Waals surface area contributed by atoms with E-state index in [1.165, 1.54) is 50.5 Å². The Morgan fingerprint density at radius 2 is 1.67 bits per heavy atom. The van der Waals surface area contributed by atoms with Crippen LogP contribution in [0.25, 0.3) is 0 Å². The normalized spacial score (nSPS) is 16.9. The average Bonchev–Trinajstić information content (AvgIpc) is 2.45. The quantitative estimate of drug-likeness (QED) is 0.558. The van der Waals surface area contributed by atoms with Gasteiger partial charge in [0.15, 0.2) is 0 Å². The van der Waals surface area contributed by atoms with Crippen molar-refractivity contribution in [3.05, 3.63) is 58.8 Å². The van der Waals surface area contributed by atoms with Crippen LogP contribution in [0.15, 0.2) is 53.3 Å². The molecule has 0 bridgehead atoms. The second-order valence-electron chi connectivity index (χ2n) is 7.43. The Morgan fingerprint density at radius 1 is 1.00 bits per heavy atom. The van der Waals surface area contributed by atoms with E-state index >= 15 is 0 Å². The lowest BCUT2D eigenvalue weighted by Gasteiger charge is -2.17. The van der Waals surface area contributed by atoms with Crippen molar-refractivity contribution in [2.24, 2.45) is 0 Å². The number of aryl methyl sites for hydroxylation is 1. The first-order valence-electron chi connectivity index (χ1n) is 8.48. The molecule has 0 nitrogen and oxygen atoms in total. The standard InChI is InChI=1S/C20H30Si/c1-21(2,3)17-20(16-19-12-8-5-9-13-19)15-14-18-10-6-4-7-11-18/h4,6-7,10-11,16-17H,5,8-9,12-15H2,1-3H3/b20-17-. The summed E-state index contributed by atoms with van der Waals surface area (Å²) in [5.74, 6) is 0. The van der Waals surface area contributed by atoms with Gasteiger partial charge in [0.25, 0.3) is 0 Å². The van der Waals surface area contributed by atoms with E-state index in [1.807, 2.05) is 0 Å². The third kappa shape index (κ3) is 6.47. The molecular formula is C20H30Si. The van der Waals surface area contributed by atoms with Crippen molar-refractivity contribution in [1.82, 2.24) is 0 Å². The van der Waals surface area contributed by atoms with Crippen LogP contribution in [0.3, 0.4) is 0 Å². The van der Waals surface area contributed by atoms with Gasteiger partial charge in [-0.25, -0.2) is 0 Å². The number of hydrogen-bond acceptors (Lipinski definition) is 0. The molecule has 0 saturated heterocycles. The first-order chi connectivity index (χ1) is 10.0. The van der Waals surface area contributed by atoms with Crippen LogP contribution in [-0.2, 0) is 6.42 Å². The number of hydrogen-bond donors (Lipinski definition) is 0. The predicted octanol–water partition coefficient (Wildman–Crippen LogP) is 6.31. The van der Waals surface area contributed by atoms with E-state index in [0.29, 0.717) is 0 Å². The minimum absolute atomic E-state index is 1.15. The minimum atomic E-state index is -1.15. The molecule has 21 heavy (non-hydrogen) atoms. The summed E-state index contributed by atoms with van der Waals surface area (Å²) in [5, 5.41) is 0. The fourth-order valence-electron chi connectivity index (χ4n) is 3.09. The van der Waals surface area contributed by atoms with Gasteiger partial charge in [0, 0.05) is 0 Å². The van der Waals surface area contributed by atoms with Crippen LogP contribution in [-0.4, -0.2) is 8.07 Å². The lowest BCUT2D eigenvalue weighted by atomic mass is 9.92.